The molecule has 9 atom stereocenters. The molecule has 0 aromatic rings. The number of carbonyl (C=O) groups excluding carboxylic acids is 2. The van der Waals surface area contributed by atoms with E-state index in [4.69, 9.17) is 4.74 Å². The molecule has 0 heterocycles. The summed E-state index contributed by atoms with van der Waals surface area (Å²) in [5, 5.41) is 10.5. The average molecular weight is 405 g/mol. The molecule has 0 bridgehead atoms. The van der Waals surface area contributed by atoms with Crippen LogP contribution in [0, 0.1) is 39.9 Å². The van der Waals surface area contributed by atoms with Gasteiger partial charge in [0, 0.05) is 18.8 Å². The molecular formula is C25H40O4. The summed E-state index contributed by atoms with van der Waals surface area (Å²) in [5.74, 6) is 1.61. The van der Waals surface area contributed by atoms with Crippen LogP contribution in [0.2, 0.25) is 0 Å². The molecular weight excluding hydrogens is 364 g/mol. The number of esters is 1. The van der Waals surface area contributed by atoms with Crippen LogP contribution < -0.4 is 0 Å². The van der Waals surface area contributed by atoms with E-state index in [1.54, 1.807) is 6.92 Å². The highest BCUT2D eigenvalue weighted by atomic mass is 16.5. The minimum absolute atomic E-state index is 0.0830. The first kappa shape index (κ1) is 21.3. The Morgan fingerprint density at radius 1 is 0.966 bits per heavy atom. The maximum atomic E-state index is 12.5. The van der Waals surface area contributed by atoms with Crippen LogP contribution in [-0.2, 0) is 14.3 Å². The van der Waals surface area contributed by atoms with Gasteiger partial charge in [-0.15, -0.1) is 0 Å². The number of hydrogen-bond acceptors (Lipinski definition) is 4. The Hall–Kier alpha value is -0.900. The maximum absolute atomic E-state index is 12.5. The van der Waals surface area contributed by atoms with E-state index in [2.05, 4.69) is 20.8 Å². The van der Waals surface area contributed by atoms with Gasteiger partial charge in [-0.05, 0) is 92.8 Å². The van der Waals surface area contributed by atoms with Crippen LogP contribution in [0.25, 0.3) is 0 Å². The molecule has 0 spiro atoms. The molecule has 0 amide bonds. The van der Waals surface area contributed by atoms with Gasteiger partial charge in [0.15, 0.2) is 0 Å². The highest BCUT2D eigenvalue weighted by molar-refractivity contribution is 5.79. The quantitative estimate of drug-likeness (QED) is 0.678. The van der Waals surface area contributed by atoms with Crippen molar-refractivity contribution in [2.24, 2.45) is 39.9 Å². The minimum Gasteiger partial charge on any atom is -0.462 e. The van der Waals surface area contributed by atoms with E-state index in [1.807, 2.05) is 0 Å². The lowest BCUT2D eigenvalue weighted by Gasteiger charge is -2.69. The Labute approximate surface area is 176 Å². The van der Waals surface area contributed by atoms with Gasteiger partial charge in [-0.3, -0.25) is 9.59 Å². The largest absolute Gasteiger partial charge is 0.462 e. The lowest BCUT2D eigenvalue weighted by molar-refractivity contribution is -0.234. The smallest absolute Gasteiger partial charge is 0.302 e. The van der Waals surface area contributed by atoms with E-state index in [0.29, 0.717) is 17.6 Å². The van der Waals surface area contributed by atoms with Crippen LogP contribution in [0.3, 0.4) is 0 Å². The number of ether oxygens (including phenoxy) is 1. The molecule has 0 aromatic heterocycles. The van der Waals surface area contributed by atoms with Gasteiger partial charge in [-0.25, -0.2) is 0 Å². The zero-order valence-electron chi connectivity index (χ0n) is 19.0. The molecule has 4 aliphatic rings. The van der Waals surface area contributed by atoms with Gasteiger partial charge in [0.05, 0.1) is 6.10 Å². The fourth-order valence-electron chi connectivity index (χ4n) is 9.22. The van der Waals surface area contributed by atoms with Crippen molar-refractivity contribution in [1.29, 1.82) is 0 Å². The third-order valence-corrected chi connectivity index (χ3v) is 10.6. The number of hydrogen-bond donors (Lipinski definition) is 1. The number of ketones is 1. The first-order valence-corrected chi connectivity index (χ1v) is 11.9. The standard InChI is InChI=1S/C25H40O4/c1-6-25-12-11-23(4)18(15(2)26)7-8-19(23)20(25)14-22(29-16(3)27)21-13-17(28)9-10-24(21,25)5/h17-22,28H,6-14H2,1-5H3. The molecule has 29 heavy (non-hydrogen) atoms. The average Bonchev–Trinajstić information content (AvgIpc) is 3.00. The number of aliphatic hydroxyl groups is 1. The van der Waals surface area contributed by atoms with E-state index in [0.717, 1.165) is 51.4 Å². The number of aliphatic hydroxyl groups excluding tert-OH is 1. The van der Waals surface area contributed by atoms with Crippen molar-refractivity contribution < 1.29 is 19.4 Å². The highest BCUT2D eigenvalue weighted by Gasteiger charge is 2.69. The molecule has 4 heteroatoms. The van der Waals surface area contributed by atoms with Gasteiger partial charge >= 0.3 is 5.97 Å². The summed E-state index contributed by atoms with van der Waals surface area (Å²) < 4.78 is 5.95. The second kappa shape index (κ2) is 7.07. The van der Waals surface area contributed by atoms with Crippen molar-refractivity contribution in [2.75, 3.05) is 0 Å². The highest BCUT2D eigenvalue weighted by Crippen LogP contribution is 2.74. The van der Waals surface area contributed by atoms with Gasteiger partial charge in [-0.1, -0.05) is 20.8 Å². The van der Waals surface area contributed by atoms with E-state index in [-0.39, 0.29) is 46.3 Å². The van der Waals surface area contributed by atoms with Gasteiger partial charge in [0.1, 0.15) is 11.9 Å². The topological polar surface area (TPSA) is 63.6 Å². The number of fused-ring (bicyclic) bond motifs is 5. The lowest BCUT2D eigenvalue weighted by atomic mass is 9.36. The second-order valence-corrected chi connectivity index (χ2v) is 11.3. The summed E-state index contributed by atoms with van der Waals surface area (Å²) in [6.45, 7) is 10.5. The monoisotopic (exact) mass is 404 g/mol. The predicted molar refractivity (Wildman–Crippen MR) is 112 cm³/mol. The van der Waals surface area contributed by atoms with Crippen molar-refractivity contribution in [3.05, 3.63) is 0 Å². The molecule has 0 aromatic carbocycles. The van der Waals surface area contributed by atoms with E-state index in [9.17, 15) is 14.7 Å². The fourth-order valence-corrected chi connectivity index (χ4v) is 9.22. The first-order valence-electron chi connectivity index (χ1n) is 11.9. The zero-order valence-corrected chi connectivity index (χ0v) is 19.0. The zero-order chi connectivity index (χ0) is 21.2. The van der Waals surface area contributed by atoms with Crippen LogP contribution in [0.1, 0.15) is 92.4 Å². The van der Waals surface area contributed by atoms with Crippen LogP contribution in [-0.4, -0.2) is 29.1 Å². The molecule has 4 aliphatic carbocycles. The SMILES string of the molecule is CCC12CCC3(C)C(C(C)=O)CCC3C1CC(OC(C)=O)C1CC(O)CCC12C. The Morgan fingerprint density at radius 2 is 1.69 bits per heavy atom. The molecule has 1 N–H and O–H groups in total. The van der Waals surface area contributed by atoms with Crippen molar-refractivity contribution in [3.8, 4) is 0 Å². The first-order chi connectivity index (χ1) is 13.6. The third kappa shape index (κ3) is 2.87. The molecule has 164 valence electrons. The van der Waals surface area contributed by atoms with Crippen LogP contribution in [0.5, 0.6) is 0 Å². The molecule has 4 fully saturated rings. The van der Waals surface area contributed by atoms with Gasteiger partial charge in [-0.2, -0.15) is 0 Å². The van der Waals surface area contributed by atoms with Gasteiger partial charge in [0.2, 0.25) is 0 Å². The number of Topliss-reactive ketones (excluding diaryl/α,β-unsaturated/α-hetero) is 1. The Balaban J connectivity index is 1.78. The Bertz CT molecular complexity index is 688. The van der Waals surface area contributed by atoms with Crippen molar-refractivity contribution in [3.63, 3.8) is 0 Å². The van der Waals surface area contributed by atoms with E-state index < -0.39 is 0 Å². The summed E-state index contributed by atoms with van der Waals surface area (Å²) in [6, 6.07) is 0. The van der Waals surface area contributed by atoms with Gasteiger partial charge < -0.3 is 9.84 Å². The molecule has 4 saturated carbocycles. The van der Waals surface area contributed by atoms with E-state index >= 15 is 0 Å². The minimum atomic E-state index is -0.279. The van der Waals surface area contributed by atoms with Crippen LogP contribution >= 0.6 is 0 Å². The summed E-state index contributed by atoms with van der Waals surface area (Å²) in [6.07, 6.45) is 8.74. The maximum Gasteiger partial charge on any atom is 0.302 e. The molecule has 4 rings (SSSR count). The summed E-state index contributed by atoms with van der Waals surface area (Å²) in [7, 11) is 0. The number of carbonyl (C=O) groups is 2. The van der Waals surface area contributed by atoms with Crippen molar-refractivity contribution >= 4 is 11.8 Å². The third-order valence-electron chi connectivity index (χ3n) is 10.6. The van der Waals surface area contributed by atoms with Crippen LogP contribution in [0.15, 0.2) is 0 Å². The molecule has 9 unspecified atom stereocenters. The second-order valence-electron chi connectivity index (χ2n) is 11.3. The van der Waals surface area contributed by atoms with Gasteiger partial charge in [0.25, 0.3) is 0 Å². The molecule has 0 saturated heterocycles. The Kier molecular flexibility index (Phi) is 5.20. The predicted octanol–water partition coefficient (Wildman–Crippen LogP) is 4.92. The lowest BCUT2D eigenvalue weighted by Crippen LogP contribution is -2.65. The van der Waals surface area contributed by atoms with Crippen LogP contribution in [0.4, 0.5) is 0 Å². The molecule has 0 radical (unpaired) electrons. The fraction of sp³-hybridized carbons (Fsp3) is 0.920. The normalized spacial score (nSPS) is 51.5. The molecule has 4 nitrogen and oxygen atoms in total. The summed E-state index contributed by atoms with van der Waals surface area (Å²) in [5.41, 5.74) is 0.400. The number of rotatable bonds is 3. The van der Waals surface area contributed by atoms with Crippen molar-refractivity contribution in [2.45, 2.75) is 105 Å². The Morgan fingerprint density at radius 3 is 2.31 bits per heavy atom. The molecule has 0 aliphatic heterocycles. The summed E-state index contributed by atoms with van der Waals surface area (Å²) >= 11 is 0. The van der Waals surface area contributed by atoms with Crippen molar-refractivity contribution in [1.82, 2.24) is 0 Å². The summed E-state index contributed by atoms with van der Waals surface area (Å²) in [4.78, 5) is 24.4. The van der Waals surface area contributed by atoms with E-state index in [1.165, 1.54) is 13.3 Å².